The van der Waals surface area contributed by atoms with Gasteiger partial charge in [0, 0.05) is 6.54 Å². The monoisotopic (exact) mass is 234 g/mol. The molecule has 0 aromatic heterocycles. The molecule has 0 bridgehead atoms. The van der Waals surface area contributed by atoms with Crippen LogP contribution in [0.3, 0.4) is 0 Å². The van der Waals surface area contributed by atoms with Gasteiger partial charge in [0.25, 0.3) is 0 Å². The molecule has 1 atom stereocenters. The van der Waals surface area contributed by atoms with Gasteiger partial charge >= 0.3 is 0 Å². The van der Waals surface area contributed by atoms with Gasteiger partial charge < -0.3 is 11.1 Å². The smallest absolute Gasteiger partial charge is 0.241 e. The minimum Gasteiger partial charge on any atom is -0.354 e. The number of nitrogens with one attached hydrogen (secondary N) is 1. The third-order valence-electron chi connectivity index (χ3n) is 2.62. The summed E-state index contributed by atoms with van der Waals surface area (Å²) in [6.45, 7) is 7.12. The maximum Gasteiger partial charge on any atom is 0.241 e. The Bertz CT molecular complexity index is 354. The van der Waals surface area contributed by atoms with Crippen LogP contribution >= 0.6 is 0 Å². The Morgan fingerprint density at radius 1 is 1.29 bits per heavy atom. The number of amides is 1. The second kappa shape index (κ2) is 5.82. The van der Waals surface area contributed by atoms with Crippen molar-refractivity contribution in [1.29, 1.82) is 0 Å². The molecule has 3 N–H and O–H groups in total. The molecule has 0 fully saturated rings. The zero-order valence-corrected chi connectivity index (χ0v) is 10.9. The van der Waals surface area contributed by atoms with E-state index in [2.05, 4.69) is 26.1 Å². The van der Waals surface area contributed by atoms with Gasteiger partial charge in [0.05, 0.1) is 0 Å². The van der Waals surface area contributed by atoms with E-state index in [1.54, 1.807) is 0 Å². The maximum atomic E-state index is 11.8. The van der Waals surface area contributed by atoms with Crippen LogP contribution in [0.4, 0.5) is 0 Å². The maximum absolute atomic E-state index is 11.8. The lowest BCUT2D eigenvalue weighted by Gasteiger charge is -2.19. The van der Waals surface area contributed by atoms with E-state index in [1.165, 1.54) is 0 Å². The molecule has 0 aliphatic carbocycles. The Kier molecular flexibility index (Phi) is 4.70. The molecule has 0 radical (unpaired) electrons. The summed E-state index contributed by atoms with van der Waals surface area (Å²) in [7, 11) is 0. The minimum atomic E-state index is -0.573. The van der Waals surface area contributed by atoms with E-state index >= 15 is 0 Å². The molecule has 1 aromatic carbocycles. The standard InChI is InChI=1S/C14H22N2O/c1-14(2,3)9-10-16-13(17)12(15)11-7-5-4-6-8-11/h4-8,12H,9-10,15H2,1-3H3,(H,16,17). The molecule has 0 heterocycles. The summed E-state index contributed by atoms with van der Waals surface area (Å²) < 4.78 is 0. The molecule has 1 rings (SSSR count). The molecule has 1 unspecified atom stereocenters. The average molecular weight is 234 g/mol. The van der Waals surface area contributed by atoms with Crippen LogP contribution in [0.25, 0.3) is 0 Å². The topological polar surface area (TPSA) is 55.1 Å². The molecule has 1 aromatic rings. The number of hydrogen-bond donors (Lipinski definition) is 2. The first kappa shape index (κ1) is 13.7. The highest BCUT2D eigenvalue weighted by atomic mass is 16.2. The largest absolute Gasteiger partial charge is 0.354 e. The highest BCUT2D eigenvalue weighted by molar-refractivity contribution is 5.82. The fourth-order valence-corrected chi connectivity index (χ4v) is 1.48. The Morgan fingerprint density at radius 3 is 2.41 bits per heavy atom. The zero-order valence-electron chi connectivity index (χ0n) is 10.9. The Labute approximate surface area is 103 Å². The van der Waals surface area contributed by atoms with Crippen LogP contribution in [-0.4, -0.2) is 12.5 Å². The molecule has 0 aliphatic rings. The van der Waals surface area contributed by atoms with Crippen molar-refractivity contribution in [3.63, 3.8) is 0 Å². The number of rotatable bonds is 4. The summed E-state index contributed by atoms with van der Waals surface area (Å²) in [5.74, 6) is -0.111. The van der Waals surface area contributed by atoms with E-state index in [0.717, 1.165) is 12.0 Å². The van der Waals surface area contributed by atoms with Crippen LogP contribution in [0.15, 0.2) is 30.3 Å². The van der Waals surface area contributed by atoms with Crippen molar-refractivity contribution in [2.45, 2.75) is 33.2 Å². The van der Waals surface area contributed by atoms with Crippen LogP contribution in [0.2, 0.25) is 0 Å². The van der Waals surface area contributed by atoms with Gasteiger partial charge in [-0.15, -0.1) is 0 Å². The normalized spacial score (nSPS) is 13.2. The highest BCUT2D eigenvalue weighted by Gasteiger charge is 2.16. The van der Waals surface area contributed by atoms with Crippen LogP contribution < -0.4 is 11.1 Å². The fraction of sp³-hybridized carbons (Fsp3) is 0.500. The highest BCUT2D eigenvalue weighted by Crippen LogP contribution is 2.17. The first-order valence-corrected chi connectivity index (χ1v) is 5.98. The van der Waals surface area contributed by atoms with Crippen molar-refractivity contribution >= 4 is 5.91 Å². The van der Waals surface area contributed by atoms with Gasteiger partial charge in [-0.3, -0.25) is 4.79 Å². The van der Waals surface area contributed by atoms with Crippen molar-refractivity contribution in [2.24, 2.45) is 11.1 Å². The molecule has 17 heavy (non-hydrogen) atoms. The van der Waals surface area contributed by atoms with E-state index in [1.807, 2.05) is 30.3 Å². The summed E-state index contributed by atoms with van der Waals surface area (Å²) in [5.41, 5.74) is 6.95. The van der Waals surface area contributed by atoms with E-state index < -0.39 is 6.04 Å². The van der Waals surface area contributed by atoms with Gasteiger partial charge in [0.1, 0.15) is 6.04 Å². The molecule has 94 valence electrons. The SMILES string of the molecule is CC(C)(C)CCNC(=O)C(N)c1ccccc1. The average Bonchev–Trinajstić information content (AvgIpc) is 2.27. The van der Waals surface area contributed by atoms with Crippen LogP contribution in [0.1, 0.15) is 38.8 Å². The van der Waals surface area contributed by atoms with Crippen molar-refractivity contribution in [1.82, 2.24) is 5.32 Å². The van der Waals surface area contributed by atoms with Gasteiger partial charge in [0.2, 0.25) is 5.91 Å². The third kappa shape index (κ3) is 5.00. The second-order valence-corrected chi connectivity index (χ2v) is 5.49. The van der Waals surface area contributed by atoms with Gasteiger partial charge in [-0.1, -0.05) is 51.1 Å². The summed E-state index contributed by atoms with van der Waals surface area (Å²) in [6.07, 6.45) is 0.945. The number of carbonyl (C=O) groups is 1. The lowest BCUT2D eigenvalue weighted by Crippen LogP contribution is -2.35. The van der Waals surface area contributed by atoms with E-state index in [-0.39, 0.29) is 11.3 Å². The van der Waals surface area contributed by atoms with E-state index in [9.17, 15) is 4.79 Å². The first-order valence-electron chi connectivity index (χ1n) is 5.98. The lowest BCUT2D eigenvalue weighted by atomic mass is 9.92. The summed E-state index contributed by atoms with van der Waals surface area (Å²) in [6, 6.07) is 8.85. The molecule has 0 saturated carbocycles. The van der Waals surface area contributed by atoms with Crippen molar-refractivity contribution < 1.29 is 4.79 Å². The summed E-state index contributed by atoms with van der Waals surface area (Å²) in [4.78, 5) is 11.8. The van der Waals surface area contributed by atoms with Crippen LogP contribution in [0.5, 0.6) is 0 Å². The van der Waals surface area contributed by atoms with E-state index in [0.29, 0.717) is 6.54 Å². The molecule has 0 saturated heterocycles. The van der Waals surface area contributed by atoms with Crippen molar-refractivity contribution in [3.8, 4) is 0 Å². The predicted octanol–water partition coefficient (Wildman–Crippen LogP) is 2.24. The second-order valence-electron chi connectivity index (χ2n) is 5.49. The Morgan fingerprint density at radius 2 is 1.88 bits per heavy atom. The quantitative estimate of drug-likeness (QED) is 0.839. The Hall–Kier alpha value is -1.35. The number of hydrogen-bond acceptors (Lipinski definition) is 2. The molecule has 1 amide bonds. The molecule has 0 aliphatic heterocycles. The van der Waals surface area contributed by atoms with Crippen molar-refractivity contribution in [3.05, 3.63) is 35.9 Å². The lowest BCUT2D eigenvalue weighted by molar-refractivity contribution is -0.122. The van der Waals surface area contributed by atoms with Crippen LogP contribution in [-0.2, 0) is 4.79 Å². The molecular weight excluding hydrogens is 212 g/mol. The fourth-order valence-electron chi connectivity index (χ4n) is 1.48. The van der Waals surface area contributed by atoms with Crippen LogP contribution in [0, 0.1) is 5.41 Å². The van der Waals surface area contributed by atoms with Gasteiger partial charge in [0.15, 0.2) is 0 Å². The number of carbonyl (C=O) groups excluding carboxylic acids is 1. The van der Waals surface area contributed by atoms with Crippen molar-refractivity contribution in [2.75, 3.05) is 6.54 Å². The molecule has 3 heteroatoms. The summed E-state index contributed by atoms with van der Waals surface area (Å²) >= 11 is 0. The molecule has 3 nitrogen and oxygen atoms in total. The van der Waals surface area contributed by atoms with Gasteiger partial charge in [-0.05, 0) is 17.4 Å². The minimum absolute atomic E-state index is 0.111. The third-order valence-corrected chi connectivity index (χ3v) is 2.62. The zero-order chi connectivity index (χ0) is 12.9. The Balaban J connectivity index is 2.43. The number of nitrogens with two attached hydrogens (primary N) is 1. The molecular formula is C14H22N2O. The molecule has 0 spiro atoms. The van der Waals surface area contributed by atoms with Gasteiger partial charge in [-0.25, -0.2) is 0 Å². The predicted molar refractivity (Wildman–Crippen MR) is 70.5 cm³/mol. The summed E-state index contributed by atoms with van der Waals surface area (Å²) in [5, 5.41) is 2.87. The first-order chi connectivity index (χ1) is 7.90. The number of benzene rings is 1. The van der Waals surface area contributed by atoms with E-state index in [4.69, 9.17) is 5.73 Å². The van der Waals surface area contributed by atoms with Gasteiger partial charge in [-0.2, -0.15) is 0 Å².